The van der Waals surface area contributed by atoms with E-state index in [0.717, 1.165) is 48.2 Å². The van der Waals surface area contributed by atoms with Crippen molar-refractivity contribution >= 4 is 42.1 Å². The van der Waals surface area contributed by atoms with Crippen molar-refractivity contribution in [2.75, 3.05) is 10.2 Å². The molecule has 0 bridgehead atoms. The molecule has 232 valence electrons. The topological polar surface area (TPSA) is 99.1 Å². The Morgan fingerprint density at radius 1 is 0.956 bits per heavy atom. The van der Waals surface area contributed by atoms with Gasteiger partial charge in [0, 0.05) is 11.4 Å². The number of hydrogen-bond donors (Lipinski definition) is 3. The van der Waals surface area contributed by atoms with Crippen LogP contribution >= 0.6 is 0 Å². The SMILES string of the molecule is CCCC1=C2[C@@H](CC/C(=C/c3ccc(O)cc3)CC)OB(O)C[C@@H]2[C@@H]2C(=O)N(c3ccc(Nc4ccccc4)cc3)C(=O)[C@@H]2C1. The number of rotatable bonds is 10. The number of carbonyl (C=O) groups excluding carboxylic acids is 2. The van der Waals surface area contributed by atoms with E-state index in [2.05, 4.69) is 25.2 Å². The maximum absolute atomic E-state index is 14.1. The Morgan fingerprint density at radius 2 is 1.67 bits per heavy atom. The average Bonchev–Trinajstić information content (AvgIpc) is 3.29. The molecule has 2 amide bonds. The molecule has 2 aliphatic heterocycles. The molecule has 2 heterocycles. The number of nitrogens with one attached hydrogen (secondary N) is 1. The van der Waals surface area contributed by atoms with E-state index in [4.69, 9.17) is 4.65 Å². The molecule has 1 aliphatic carbocycles. The number of carbonyl (C=O) groups is 2. The van der Waals surface area contributed by atoms with Crippen LogP contribution in [0.4, 0.5) is 17.1 Å². The van der Waals surface area contributed by atoms with Gasteiger partial charge >= 0.3 is 7.12 Å². The lowest BCUT2D eigenvalue weighted by Crippen LogP contribution is -2.46. The second-order valence-corrected chi connectivity index (χ2v) is 12.4. The van der Waals surface area contributed by atoms with E-state index in [1.54, 1.807) is 12.1 Å². The van der Waals surface area contributed by atoms with Gasteiger partial charge in [-0.2, -0.15) is 0 Å². The van der Waals surface area contributed by atoms with Crippen molar-refractivity contribution in [3.63, 3.8) is 0 Å². The van der Waals surface area contributed by atoms with Gasteiger partial charge in [0.15, 0.2) is 0 Å². The Kier molecular flexibility index (Phi) is 9.24. The zero-order valence-electron chi connectivity index (χ0n) is 26.0. The van der Waals surface area contributed by atoms with Gasteiger partial charge < -0.3 is 20.1 Å². The summed E-state index contributed by atoms with van der Waals surface area (Å²) < 4.78 is 6.20. The summed E-state index contributed by atoms with van der Waals surface area (Å²) in [6, 6.07) is 24.4. The molecule has 0 aromatic heterocycles. The van der Waals surface area contributed by atoms with Crippen molar-refractivity contribution in [2.24, 2.45) is 17.8 Å². The summed E-state index contributed by atoms with van der Waals surface area (Å²) in [5.41, 5.74) is 7.03. The highest BCUT2D eigenvalue weighted by Crippen LogP contribution is 2.52. The molecule has 8 heteroatoms. The van der Waals surface area contributed by atoms with Crippen LogP contribution in [0.3, 0.4) is 0 Å². The zero-order valence-corrected chi connectivity index (χ0v) is 26.0. The molecular weight excluding hydrogens is 563 g/mol. The van der Waals surface area contributed by atoms with Crippen LogP contribution in [-0.4, -0.2) is 35.2 Å². The van der Waals surface area contributed by atoms with E-state index in [9.17, 15) is 19.7 Å². The fraction of sp³-hybridized carbons (Fsp3) is 0.351. The summed E-state index contributed by atoms with van der Waals surface area (Å²) in [5, 5.41) is 23.9. The van der Waals surface area contributed by atoms with E-state index >= 15 is 0 Å². The Balaban J connectivity index is 1.24. The number of allylic oxidation sites excluding steroid dienone is 2. The summed E-state index contributed by atoms with van der Waals surface area (Å²) >= 11 is 0. The molecule has 3 aromatic carbocycles. The molecule has 2 fully saturated rings. The summed E-state index contributed by atoms with van der Waals surface area (Å²) in [6.45, 7) is 4.26. The lowest BCUT2D eigenvalue weighted by molar-refractivity contribution is -0.122. The molecule has 3 aromatic rings. The molecule has 0 spiro atoms. The number of anilines is 3. The van der Waals surface area contributed by atoms with Gasteiger partial charge in [0.1, 0.15) is 5.75 Å². The minimum Gasteiger partial charge on any atom is -0.508 e. The number of hydrogen-bond acceptors (Lipinski definition) is 6. The molecular formula is C37H41BN2O5. The average molecular weight is 605 g/mol. The van der Waals surface area contributed by atoms with Crippen LogP contribution in [0.2, 0.25) is 6.32 Å². The molecule has 4 atom stereocenters. The van der Waals surface area contributed by atoms with Crippen LogP contribution in [0, 0.1) is 17.8 Å². The van der Waals surface area contributed by atoms with Crippen molar-refractivity contribution in [1.82, 2.24) is 0 Å². The summed E-state index contributed by atoms with van der Waals surface area (Å²) in [6.07, 6.45) is 6.82. The first kappa shape index (κ1) is 30.9. The molecule has 2 saturated heterocycles. The predicted octanol–water partition coefficient (Wildman–Crippen LogP) is 7.51. The minimum absolute atomic E-state index is 0.149. The molecule has 0 radical (unpaired) electrons. The highest BCUT2D eigenvalue weighted by Gasteiger charge is 2.57. The van der Waals surface area contributed by atoms with Gasteiger partial charge in [-0.25, -0.2) is 0 Å². The minimum atomic E-state index is -0.989. The van der Waals surface area contributed by atoms with E-state index in [1.807, 2.05) is 66.7 Å². The fourth-order valence-electron chi connectivity index (χ4n) is 7.41. The lowest BCUT2D eigenvalue weighted by atomic mass is 9.58. The van der Waals surface area contributed by atoms with Gasteiger partial charge in [-0.05, 0) is 104 Å². The predicted molar refractivity (Wildman–Crippen MR) is 179 cm³/mol. The van der Waals surface area contributed by atoms with Crippen LogP contribution < -0.4 is 10.2 Å². The third-order valence-corrected chi connectivity index (χ3v) is 9.49. The molecule has 7 nitrogen and oxygen atoms in total. The standard InChI is InChI=1S/C37H41BN2O5/c1-3-8-26-22-31-35(37(43)40(36(31)42)29-16-14-28(15-17-29)39-27-9-6-5-7-10-27)32-23-38(44)45-33(34(26)32)20-13-24(4-2)21-25-11-18-30(41)19-12-25/h5-7,9-12,14-19,21,31-33,35,39,41,44H,3-4,8,13,20,22-23H2,1-2H3/b24-21+/t31-,32+,33-,35-/m1/s1. The number of imide groups is 1. The second-order valence-electron chi connectivity index (χ2n) is 12.4. The van der Waals surface area contributed by atoms with Gasteiger partial charge in [-0.15, -0.1) is 0 Å². The second kappa shape index (κ2) is 13.5. The molecule has 0 unspecified atom stereocenters. The van der Waals surface area contributed by atoms with Crippen molar-refractivity contribution < 1.29 is 24.4 Å². The van der Waals surface area contributed by atoms with Gasteiger partial charge in [0.2, 0.25) is 11.8 Å². The summed E-state index contributed by atoms with van der Waals surface area (Å²) in [7, 11) is -0.989. The van der Waals surface area contributed by atoms with Crippen LogP contribution in [0.15, 0.2) is 95.6 Å². The largest absolute Gasteiger partial charge is 0.508 e. The molecule has 6 rings (SSSR count). The zero-order chi connectivity index (χ0) is 31.5. The number of benzene rings is 3. The number of nitrogens with zero attached hydrogens (tertiary/aromatic N) is 1. The van der Waals surface area contributed by atoms with E-state index < -0.39 is 19.0 Å². The third kappa shape index (κ3) is 6.49. The Hall–Kier alpha value is -4.14. The third-order valence-electron chi connectivity index (χ3n) is 9.49. The summed E-state index contributed by atoms with van der Waals surface area (Å²) in [4.78, 5) is 29.4. The highest BCUT2D eigenvalue weighted by atomic mass is 16.5. The first-order chi connectivity index (χ1) is 21.9. The normalized spacial score (nSPS) is 23.3. The first-order valence-corrected chi connectivity index (χ1v) is 16.2. The van der Waals surface area contributed by atoms with Crippen molar-refractivity contribution in [3.8, 4) is 5.75 Å². The van der Waals surface area contributed by atoms with Crippen molar-refractivity contribution in [2.45, 2.75) is 64.8 Å². The van der Waals surface area contributed by atoms with Crippen molar-refractivity contribution in [3.05, 3.63) is 101 Å². The number of phenolic OH excluding ortho intramolecular Hbond substituents is 1. The Morgan fingerprint density at radius 3 is 2.36 bits per heavy atom. The maximum Gasteiger partial charge on any atom is 0.455 e. The summed E-state index contributed by atoms with van der Waals surface area (Å²) in [5.74, 6) is -1.26. The number of amides is 2. The number of aromatic hydroxyl groups is 1. The van der Waals surface area contributed by atoms with Crippen LogP contribution in [0.5, 0.6) is 5.75 Å². The highest BCUT2D eigenvalue weighted by molar-refractivity contribution is 6.43. The van der Waals surface area contributed by atoms with E-state index in [1.165, 1.54) is 16.0 Å². The number of para-hydroxylation sites is 1. The van der Waals surface area contributed by atoms with Gasteiger partial charge in [-0.3, -0.25) is 14.5 Å². The lowest BCUT2D eigenvalue weighted by Gasteiger charge is -2.43. The fourth-order valence-corrected chi connectivity index (χ4v) is 7.41. The molecule has 0 saturated carbocycles. The monoisotopic (exact) mass is 604 g/mol. The quantitative estimate of drug-likeness (QED) is 0.126. The van der Waals surface area contributed by atoms with E-state index in [0.29, 0.717) is 24.8 Å². The first-order valence-electron chi connectivity index (χ1n) is 16.2. The Labute approximate surface area is 265 Å². The van der Waals surface area contributed by atoms with Gasteiger partial charge in [-0.1, -0.05) is 67.8 Å². The van der Waals surface area contributed by atoms with E-state index in [-0.39, 0.29) is 29.6 Å². The maximum atomic E-state index is 14.1. The van der Waals surface area contributed by atoms with Gasteiger partial charge in [0.25, 0.3) is 0 Å². The molecule has 3 N–H and O–H groups in total. The van der Waals surface area contributed by atoms with Crippen LogP contribution in [-0.2, 0) is 14.2 Å². The van der Waals surface area contributed by atoms with Crippen molar-refractivity contribution in [1.29, 1.82) is 0 Å². The molecule has 3 aliphatic rings. The Bertz CT molecular complexity index is 1590. The van der Waals surface area contributed by atoms with Gasteiger partial charge in [0.05, 0.1) is 23.6 Å². The smallest absolute Gasteiger partial charge is 0.455 e. The van der Waals surface area contributed by atoms with Crippen LogP contribution in [0.25, 0.3) is 6.08 Å². The number of fused-ring (bicyclic) bond motifs is 3. The number of phenols is 1. The molecule has 45 heavy (non-hydrogen) atoms. The van der Waals surface area contributed by atoms with Crippen LogP contribution in [0.1, 0.15) is 57.9 Å².